The number of nitrogens with zero attached hydrogens (tertiary/aromatic N) is 1. The Morgan fingerprint density at radius 2 is 1.95 bits per heavy atom. The van der Waals surface area contributed by atoms with Crippen LogP contribution in [0.1, 0.15) is 15.9 Å². The van der Waals surface area contributed by atoms with Gasteiger partial charge in [-0.2, -0.15) is 0 Å². The van der Waals surface area contributed by atoms with E-state index in [1.54, 1.807) is 24.4 Å². The lowest BCUT2D eigenvalue weighted by Gasteiger charge is -2.07. The molecule has 0 bridgehead atoms. The quantitative estimate of drug-likeness (QED) is 0.815. The van der Waals surface area contributed by atoms with Crippen molar-refractivity contribution in [1.29, 1.82) is 0 Å². The third kappa shape index (κ3) is 3.25. The summed E-state index contributed by atoms with van der Waals surface area (Å²) in [6, 6.07) is 7.93. The summed E-state index contributed by atoms with van der Waals surface area (Å²) in [5.41, 5.74) is 0.961. The van der Waals surface area contributed by atoms with Crippen LogP contribution < -0.4 is 5.56 Å². The maximum Gasteiger partial charge on any atom is 0.251 e. The SMILES string of the molecule is Cc1ccn(CC(=O)c2cc(Cl)ccc2Cl)c(=O)c1. The molecule has 1 aromatic heterocycles. The van der Waals surface area contributed by atoms with Crippen molar-refractivity contribution in [1.82, 2.24) is 4.57 Å². The smallest absolute Gasteiger partial charge is 0.251 e. The van der Waals surface area contributed by atoms with E-state index < -0.39 is 0 Å². The highest BCUT2D eigenvalue weighted by molar-refractivity contribution is 6.35. The highest BCUT2D eigenvalue weighted by atomic mass is 35.5. The number of Topliss-reactive ketones (excluding diaryl/α,β-unsaturated/α-hetero) is 1. The summed E-state index contributed by atoms with van der Waals surface area (Å²) in [5.74, 6) is -0.251. The molecule has 0 atom stereocenters. The minimum absolute atomic E-state index is 0.0564. The molecule has 3 nitrogen and oxygen atoms in total. The number of ketones is 1. The van der Waals surface area contributed by atoms with E-state index in [2.05, 4.69) is 0 Å². The maximum absolute atomic E-state index is 12.1. The summed E-state index contributed by atoms with van der Waals surface area (Å²) < 4.78 is 1.34. The molecular formula is C14H11Cl2NO2. The van der Waals surface area contributed by atoms with Gasteiger partial charge in [-0.1, -0.05) is 23.2 Å². The number of hydrogen-bond acceptors (Lipinski definition) is 2. The third-order valence-electron chi connectivity index (χ3n) is 2.69. The van der Waals surface area contributed by atoms with E-state index in [9.17, 15) is 9.59 Å². The van der Waals surface area contributed by atoms with Crippen molar-refractivity contribution in [3.05, 3.63) is 68.1 Å². The van der Waals surface area contributed by atoms with E-state index in [4.69, 9.17) is 23.2 Å². The Kier molecular flexibility index (Phi) is 4.08. The van der Waals surface area contributed by atoms with Gasteiger partial charge in [0.2, 0.25) is 0 Å². The van der Waals surface area contributed by atoms with Crippen molar-refractivity contribution in [2.45, 2.75) is 13.5 Å². The van der Waals surface area contributed by atoms with Crippen LogP contribution in [0.4, 0.5) is 0 Å². The molecule has 1 heterocycles. The van der Waals surface area contributed by atoms with Crippen LogP contribution >= 0.6 is 23.2 Å². The molecule has 0 radical (unpaired) electrons. The Hall–Kier alpha value is -1.58. The van der Waals surface area contributed by atoms with Crippen LogP contribution in [0.25, 0.3) is 0 Å². The van der Waals surface area contributed by atoms with Gasteiger partial charge < -0.3 is 4.57 Å². The normalized spacial score (nSPS) is 10.5. The van der Waals surface area contributed by atoms with Gasteiger partial charge in [-0.05, 0) is 36.8 Å². The van der Waals surface area contributed by atoms with Crippen LogP contribution in [0, 0.1) is 6.92 Å². The second-order valence-corrected chi connectivity index (χ2v) is 5.06. The van der Waals surface area contributed by atoms with Crippen molar-refractivity contribution in [2.75, 3.05) is 0 Å². The van der Waals surface area contributed by atoms with Gasteiger partial charge in [-0.3, -0.25) is 9.59 Å². The Bertz CT molecular complexity index is 692. The van der Waals surface area contributed by atoms with Gasteiger partial charge in [0, 0.05) is 22.8 Å². The van der Waals surface area contributed by atoms with Crippen LogP contribution in [0.2, 0.25) is 10.0 Å². The van der Waals surface area contributed by atoms with Crippen LogP contribution in [0.5, 0.6) is 0 Å². The lowest BCUT2D eigenvalue weighted by Crippen LogP contribution is -2.23. The molecule has 19 heavy (non-hydrogen) atoms. The highest BCUT2D eigenvalue weighted by Crippen LogP contribution is 2.21. The summed E-state index contributed by atoms with van der Waals surface area (Å²) in [7, 11) is 0. The molecule has 0 saturated heterocycles. The molecule has 0 aliphatic rings. The molecule has 0 fully saturated rings. The van der Waals surface area contributed by atoms with E-state index in [1.165, 1.54) is 16.7 Å². The van der Waals surface area contributed by atoms with Crippen LogP contribution in [0.3, 0.4) is 0 Å². The molecule has 0 saturated carbocycles. The van der Waals surface area contributed by atoms with E-state index in [-0.39, 0.29) is 17.9 Å². The standard InChI is InChI=1S/C14H11Cl2NO2/c1-9-4-5-17(14(19)6-9)8-13(18)11-7-10(15)2-3-12(11)16/h2-7H,8H2,1H3. The van der Waals surface area contributed by atoms with Crippen molar-refractivity contribution < 1.29 is 4.79 Å². The number of pyridine rings is 1. The molecular weight excluding hydrogens is 285 g/mol. The molecule has 0 unspecified atom stereocenters. The first-order chi connectivity index (χ1) is 8.97. The topological polar surface area (TPSA) is 39.1 Å². The van der Waals surface area contributed by atoms with Crippen molar-refractivity contribution in [3.63, 3.8) is 0 Å². The summed E-state index contributed by atoms with van der Waals surface area (Å²) >= 11 is 11.8. The summed E-state index contributed by atoms with van der Waals surface area (Å²) in [6.07, 6.45) is 1.59. The molecule has 2 aromatic rings. The zero-order chi connectivity index (χ0) is 14.0. The third-order valence-corrected chi connectivity index (χ3v) is 3.26. The number of carbonyl (C=O) groups is 1. The first kappa shape index (κ1) is 13.8. The number of hydrogen-bond donors (Lipinski definition) is 0. The first-order valence-corrected chi connectivity index (χ1v) is 6.38. The minimum atomic E-state index is -0.251. The van der Waals surface area contributed by atoms with Gasteiger partial charge in [0.15, 0.2) is 5.78 Å². The van der Waals surface area contributed by atoms with E-state index in [0.717, 1.165) is 5.56 Å². The van der Waals surface area contributed by atoms with Gasteiger partial charge in [0.05, 0.1) is 11.6 Å². The first-order valence-electron chi connectivity index (χ1n) is 5.63. The number of aryl methyl sites for hydroxylation is 1. The zero-order valence-corrected chi connectivity index (χ0v) is 11.7. The van der Waals surface area contributed by atoms with Gasteiger partial charge >= 0.3 is 0 Å². The Balaban J connectivity index is 2.31. The average Bonchev–Trinajstić information content (AvgIpc) is 2.35. The molecule has 0 spiro atoms. The Morgan fingerprint density at radius 3 is 2.63 bits per heavy atom. The number of benzene rings is 1. The fourth-order valence-corrected chi connectivity index (χ4v) is 2.08. The van der Waals surface area contributed by atoms with Gasteiger partial charge in [-0.15, -0.1) is 0 Å². The molecule has 5 heteroatoms. The Morgan fingerprint density at radius 1 is 1.21 bits per heavy atom. The van der Waals surface area contributed by atoms with Crippen molar-refractivity contribution >= 4 is 29.0 Å². The monoisotopic (exact) mass is 295 g/mol. The lowest BCUT2D eigenvalue weighted by molar-refractivity contribution is 0.0971. The molecule has 0 aliphatic heterocycles. The van der Waals surface area contributed by atoms with E-state index in [1.807, 2.05) is 6.92 Å². The molecule has 0 amide bonds. The maximum atomic E-state index is 12.1. The summed E-state index contributed by atoms with van der Waals surface area (Å²) in [5, 5.41) is 0.763. The number of aromatic nitrogens is 1. The van der Waals surface area contributed by atoms with Crippen LogP contribution in [0.15, 0.2) is 41.3 Å². The lowest BCUT2D eigenvalue weighted by atomic mass is 10.1. The summed E-state index contributed by atoms with van der Waals surface area (Å²) in [4.78, 5) is 23.8. The highest BCUT2D eigenvalue weighted by Gasteiger charge is 2.12. The molecule has 0 aliphatic carbocycles. The van der Waals surface area contributed by atoms with E-state index >= 15 is 0 Å². The molecule has 2 rings (SSSR count). The molecule has 98 valence electrons. The average molecular weight is 296 g/mol. The van der Waals surface area contributed by atoms with Gasteiger partial charge in [0.1, 0.15) is 0 Å². The van der Waals surface area contributed by atoms with Crippen LogP contribution in [-0.4, -0.2) is 10.4 Å². The zero-order valence-electron chi connectivity index (χ0n) is 10.2. The minimum Gasteiger partial charge on any atom is -0.308 e. The molecule has 0 N–H and O–H groups in total. The number of rotatable bonds is 3. The Labute approximate surface area is 120 Å². The number of halogens is 2. The fraction of sp³-hybridized carbons (Fsp3) is 0.143. The second-order valence-electron chi connectivity index (χ2n) is 4.22. The predicted octanol–water partition coefficient (Wildman–Crippen LogP) is 3.35. The van der Waals surface area contributed by atoms with Crippen molar-refractivity contribution in [3.8, 4) is 0 Å². The molecule has 1 aromatic carbocycles. The largest absolute Gasteiger partial charge is 0.308 e. The van der Waals surface area contributed by atoms with Gasteiger partial charge in [0.25, 0.3) is 5.56 Å². The van der Waals surface area contributed by atoms with Crippen LogP contribution in [-0.2, 0) is 6.54 Å². The predicted molar refractivity (Wildman–Crippen MR) is 76.2 cm³/mol. The summed E-state index contributed by atoms with van der Waals surface area (Å²) in [6.45, 7) is 1.76. The van der Waals surface area contributed by atoms with Crippen molar-refractivity contribution in [2.24, 2.45) is 0 Å². The second kappa shape index (κ2) is 5.59. The van der Waals surface area contributed by atoms with Gasteiger partial charge in [-0.25, -0.2) is 0 Å². The fourth-order valence-electron chi connectivity index (χ4n) is 1.69. The van der Waals surface area contributed by atoms with E-state index in [0.29, 0.717) is 15.6 Å². The number of carbonyl (C=O) groups excluding carboxylic acids is 1.